The third-order valence-electron chi connectivity index (χ3n) is 10.1. The summed E-state index contributed by atoms with van der Waals surface area (Å²) in [6.07, 6.45) is 6.50. The van der Waals surface area contributed by atoms with Crippen LogP contribution in [0.2, 0.25) is 0 Å². The van der Waals surface area contributed by atoms with Crippen LogP contribution >= 0.6 is 0 Å². The highest BCUT2D eigenvalue weighted by molar-refractivity contribution is 5.95. The standard InChI is InChI=1S/C34H51N3O6/c1-32(2,3)27(29(39)37-20-24-18-13-19-25(24)34(37,30(40)41)33(4,5)6)36-28(38)26(23-16-11-8-12-17-23)35-31(42)43-21-22-14-9-7-10-15-22/h7,9-10,14-15,23-27H,8,11-13,16-21H2,1-6H3,(H,35,42)(H,36,38)(H,40,41)/t24-,25-,26-,27+,34+/m0/s1. The van der Waals surface area contributed by atoms with Crippen molar-refractivity contribution >= 4 is 23.9 Å². The molecule has 3 amide bonds. The van der Waals surface area contributed by atoms with Crippen LogP contribution < -0.4 is 10.6 Å². The lowest BCUT2D eigenvalue weighted by atomic mass is 9.64. The molecule has 5 atom stereocenters. The van der Waals surface area contributed by atoms with Gasteiger partial charge in [-0.1, -0.05) is 97.6 Å². The number of carboxylic acids is 1. The predicted octanol–water partition coefficient (Wildman–Crippen LogP) is 5.52. The molecule has 1 heterocycles. The van der Waals surface area contributed by atoms with E-state index in [-0.39, 0.29) is 30.3 Å². The Morgan fingerprint density at radius 3 is 2.16 bits per heavy atom. The maximum atomic E-state index is 14.5. The van der Waals surface area contributed by atoms with Crippen LogP contribution in [0.15, 0.2) is 30.3 Å². The number of aliphatic carboxylic acids is 1. The number of hydrogen-bond donors (Lipinski definition) is 3. The molecule has 2 aliphatic carbocycles. The molecule has 9 nitrogen and oxygen atoms in total. The van der Waals surface area contributed by atoms with E-state index in [2.05, 4.69) is 10.6 Å². The molecule has 43 heavy (non-hydrogen) atoms. The highest BCUT2D eigenvalue weighted by Crippen LogP contribution is 2.56. The van der Waals surface area contributed by atoms with Crippen LogP contribution in [0.4, 0.5) is 4.79 Å². The van der Waals surface area contributed by atoms with Gasteiger partial charge in [-0.15, -0.1) is 0 Å². The van der Waals surface area contributed by atoms with Gasteiger partial charge in [-0.05, 0) is 59.8 Å². The fraction of sp³-hybridized carbons (Fsp3) is 0.706. The van der Waals surface area contributed by atoms with Gasteiger partial charge >= 0.3 is 12.1 Å². The second-order valence-electron chi connectivity index (χ2n) is 15.0. The first-order valence-corrected chi connectivity index (χ1v) is 16.0. The van der Waals surface area contributed by atoms with Gasteiger partial charge in [-0.3, -0.25) is 9.59 Å². The van der Waals surface area contributed by atoms with Gasteiger partial charge in [-0.2, -0.15) is 0 Å². The first-order chi connectivity index (χ1) is 20.2. The highest BCUT2D eigenvalue weighted by atomic mass is 16.5. The predicted molar refractivity (Wildman–Crippen MR) is 164 cm³/mol. The number of likely N-dealkylation sites (tertiary alicyclic amines) is 1. The number of carboxylic acid groups (broad SMARTS) is 1. The van der Waals surface area contributed by atoms with Crippen LogP contribution in [0, 0.1) is 28.6 Å². The second kappa shape index (κ2) is 12.9. The van der Waals surface area contributed by atoms with Gasteiger partial charge in [-0.25, -0.2) is 9.59 Å². The molecule has 4 rings (SSSR count). The Bertz CT molecular complexity index is 1170. The van der Waals surface area contributed by atoms with Crippen molar-refractivity contribution in [3.63, 3.8) is 0 Å². The van der Waals surface area contributed by atoms with E-state index in [9.17, 15) is 24.3 Å². The van der Waals surface area contributed by atoms with Gasteiger partial charge in [0.05, 0.1) is 0 Å². The van der Waals surface area contributed by atoms with Crippen molar-refractivity contribution in [1.82, 2.24) is 15.5 Å². The van der Waals surface area contributed by atoms with Crippen LogP contribution in [0.25, 0.3) is 0 Å². The summed E-state index contributed by atoms with van der Waals surface area (Å²) in [5.74, 6) is -1.90. The Kier molecular flexibility index (Phi) is 9.82. The van der Waals surface area contributed by atoms with Gasteiger partial charge in [0.2, 0.25) is 11.8 Å². The van der Waals surface area contributed by atoms with Crippen molar-refractivity contribution in [3.05, 3.63) is 35.9 Å². The lowest BCUT2D eigenvalue weighted by Gasteiger charge is -2.49. The maximum Gasteiger partial charge on any atom is 0.408 e. The first-order valence-electron chi connectivity index (χ1n) is 16.0. The van der Waals surface area contributed by atoms with E-state index in [0.717, 1.165) is 56.9 Å². The summed E-state index contributed by atoms with van der Waals surface area (Å²) in [5, 5.41) is 16.6. The number of benzene rings is 1. The molecule has 1 saturated heterocycles. The highest BCUT2D eigenvalue weighted by Gasteiger charge is 2.67. The molecule has 9 heteroatoms. The minimum Gasteiger partial charge on any atom is -0.479 e. The van der Waals surface area contributed by atoms with Crippen molar-refractivity contribution < 1.29 is 29.0 Å². The topological polar surface area (TPSA) is 125 Å². The Labute approximate surface area is 256 Å². The summed E-state index contributed by atoms with van der Waals surface area (Å²) in [6.45, 7) is 11.8. The van der Waals surface area contributed by atoms with Gasteiger partial charge in [0.15, 0.2) is 0 Å². The number of carbonyl (C=O) groups is 4. The number of nitrogens with zero attached hydrogens (tertiary/aromatic N) is 1. The molecule has 2 saturated carbocycles. The zero-order valence-electron chi connectivity index (χ0n) is 26.8. The molecule has 0 unspecified atom stereocenters. The molecule has 0 bridgehead atoms. The van der Waals surface area contributed by atoms with Crippen molar-refractivity contribution in [2.75, 3.05) is 6.54 Å². The fourth-order valence-corrected chi connectivity index (χ4v) is 8.00. The lowest BCUT2D eigenvalue weighted by molar-refractivity contribution is -0.170. The van der Waals surface area contributed by atoms with E-state index in [1.165, 1.54) is 0 Å². The van der Waals surface area contributed by atoms with Crippen molar-refractivity contribution in [1.29, 1.82) is 0 Å². The van der Waals surface area contributed by atoms with E-state index < -0.39 is 46.4 Å². The number of hydrogen-bond acceptors (Lipinski definition) is 5. The summed E-state index contributed by atoms with van der Waals surface area (Å²) in [7, 11) is 0. The molecule has 0 spiro atoms. The monoisotopic (exact) mass is 597 g/mol. The van der Waals surface area contributed by atoms with Crippen molar-refractivity contribution in [2.24, 2.45) is 28.6 Å². The van der Waals surface area contributed by atoms with E-state index in [0.29, 0.717) is 6.54 Å². The third kappa shape index (κ3) is 6.70. The van der Waals surface area contributed by atoms with Crippen LogP contribution in [0.1, 0.15) is 98.5 Å². The van der Waals surface area contributed by atoms with Gasteiger partial charge in [0.25, 0.3) is 0 Å². The summed E-state index contributed by atoms with van der Waals surface area (Å²) in [5.41, 5.74) is -1.97. The van der Waals surface area contributed by atoms with Gasteiger partial charge in [0.1, 0.15) is 24.2 Å². The average molecular weight is 598 g/mol. The number of ether oxygens (including phenoxy) is 1. The molecule has 3 fully saturated rings. The van der Waals surface area contributed by atoms with Gasteiger partial charge in [0, 0.05) is 6.54 Å². The number of rotatable bonds is 8. The molecule has 3 N–H and O–H groups in total. The number of fused-ring (bicyclic) bond motifs is 1. The van der Waals surface area contributed by atoms with E-state index in [4.69, 9.17) is 4.74 Å². The minimum absolute atomic E-state index is 0.0795. The molecule has 0 radical (unpaired) electrons. The fourth-order valence-electron chi connectivity index (χ4n) is 8.00. The largest absolute Gasteiger partial charge is 0.479 e. The van der Waals surface area contributed by atoms with E-state index >= 15 is 0 Å². The smallest absolute Gasteiger partial charge is 0.408 e. The second-order valence-corrected chi connectivity index (χ2v) is 15.0. The molecule has 1 aromatic rings. The number of amides is 3. The Hall–Kier alpha value is -3.10. The van der Waals surface area contributed by atoms with Crippen molar-refractivity contribution in [2.45, 2.75) is 117 Å². The number of carbonyl (C=O) groups excluding carboxylic acids is 3. The SMILES string of the molecule is CC(C)(C)[C@H](NC(=O)[C@@H](NC(=O)OCc1ccccc1)C1CCCCC1)C(=O)N1C[C@@H]2CCC[C@@H]2[C@@]1(C(=O)O)C(C)(C)C. The summed E-state index contributed by atoms with van der Waals surface area (Å²) >= 11 is 0. The first kappa shape index (κ1) is 32.8. The molecular formula is C34H51N3O6. The van der Waals surface area contributed by atoms with Gasteiger partial charge < -0.3 is 25.4 Å². The normalized spacial score (nSPS) is 25.9. The lowest BCUT2D eigenvalue weighted by Crippen LogP contribution is -2.68. The van der Waals surface area contributed by atoms with E-state index in [1.807, 2.05) is 71.9 Å². The summed E-state index contributed by atoms with van der Waals surface area (Å²) in [6, 6.07) is 7.49. The zero-order valence-corrected chi connectivity index (χ0v) is 26.8. The Morgan fingerprint density at radius 1 is 0.930 bits per heavy atom. The molecule has 3 aliphatic rings. The summed E-state index contributed by atoms with van der Waals surface area (Å²) < 4.78 is 5.46. The Morgan fingerprint density at radius 2 is 1.58 bits per heavy atom. The van der Waals surface area contributed by atoms with Crippen LogP contribution in [0.3, 0.4) is 0 Å². The summed E-state index contributed by atoms with van der Waals surface area (Å²) in [4.78, 5) is 56.3. The quantitative estimate of drug-likeness (QED) is 0.362. The van der Waals surface area contributed by atoms with Crippen molar-refractivity contribution in [3.8, 4) is 0 Å². The Balaban J connectivity index is 1.59. The molecule has 1 aliphatic heterocycles. The van der Waals surface area contributed by atoms with Crippen LogP contribution in [-0.4, -0.2) is 58.1 Å². The zero-order chi connectivity index (χ0) is 31.6. The molecule has 1 aromatic carbocycles. The minimum atomic E-state index is -1.37. The third-order valence-corrected chi connectivity index (χ3v) is 10.1. The van der Waals surface area contributed by atoms with Crippen LogP contribution in [0.5, 0.6) is 0 Å². The van der Waals surface area contributed by atoms with E-state index in [1.54, 1.807) is 4.90 Å². The maximum absolute atomic E-state index is 14.5. The van der Waals surface area contributed by atoms with Crippen LogP contribution in [-0.2, 0) is 25.7 Å². The molecule has 0 aromatic heterocycles. The molecular weight excluding hydrogens is 546 g/mol. The average Bonchev–Trinajstić information content (AvgIpc) is 3.54. The molecule has 238 valence electrons. The number of nitrogens with one attached hydrogen (secondary N) is 2. The number of alkyl carbamates (subject to hydrolysis) is 1.